The maximum Gasteiger partial charge on any atom is 0.0831 e. The third-order valence-corrected chi connectivity index (χ3v) is 7.70. The van der Waals surface area contributed by atoms with Gasteiger partial charge in [0.15, 0.2) is 0 Å². The number of likely N-dealkylation sites (tertiary alicyclic amines) is 1. The molecule has 2 aliphatic heterocycles. The van der Waals surface area contributed by atoms with E-state index in [0.717, 1.165) is 12.5 Å². The first-order chi connectivity index (χ1) is 15.2. The molecule has 2 fully saturated rings. The number of rotatable bonds is 5. The zero-order valence-corrected chi connectivity index (χ0v) is 19.4. The van der Waals surface area contributed by atoms with E-state index >= 15 is 0 Å². The Morgan fingerprint density at radius 2 is 1.81 bits per heavy atom. The van der Waals surface area contributed by atoms with Gasteiger partial charge >= 0.3 is 0 Å². The van der Waals surface area contributed by atoms with E-state index in [2.05, 4.69) is 65.1 Å². The molecule has 166 valence electrons. The van der Waals surface area contributed by atoms with E-state index in [-0.39, 0.29) is 0 Å². The second-order valence-electron chi connectivity index (χ2n) is 9.44. The van der Waals surface area contributed by atoms with Crippen molar-refractivity contribution in [2.75, 3.05) is 33.2 Å². The van der Waals surface area contributed by atoms with Gasteiger partial charge in [-0.25, -0.2) is 0 Å². The number of nitrogens with one attached hydrogen (secondary N) is 1. The summed E-state index contributed by atoms with van der Waals surface area (Å²) in [6.07, 6.45) is 14.5. The largest absolute Gasteiger partial charge is 0.380 e. The molecule has 0 amide bonds. The van der Waals surface area contributed by atoms with E-state index < -0.39 is 0 Å². The van der Waals surface area contributed by atoms with Gasteiger partial charge < -0.3 is 10.2 Å². The second-order valence-corrected chi connectivity index (χ2v) is 9.44. The fraction of sp³-hybridized carbons (Fsp3) is 0.536. The molecule has 0 aromatic heterocycles. The normalized spacial score (nSPS) is 28.4. The van der Waals surface area contributed by atoms with Crippen molar-refractivity contribution in [3.05, 3.63) is 65.4 Å². The number of allylic oxidation sites excluding steroid dienone is 2. The molecule has 1 N–H and O–H groups in total. The lowest BCUT2D eigenvalue weighted by Crippen LogP contribution is -2.38. The van der Waals surface area contributed by atoms with Crippen molar-refractivity contribution >= 4 is 11.8 Å². The van der Waals surface area contributed by atoms with Crippen molar-refractivity contribution in [3.63, 3.8) is 0 Å². The van der Waals surface area contributed by atoms with Crippen molar-refractivity contribution in [1.29, 1.82) is 0 Å². The summed E-state index contributed by atoms with van der Waals surface area (Å²) in [6.45, 7) is 10.8. The van der Waals surface area contributed by atoms with Crippen LogP contribution in [-0.4, -0.2) is 43.8 Å². The van der Waals surface area contributed by atoms with E-state index in [1.165, 1.54) is 86.3 Å². The summed E-state index contributed by atoms with van der Waals surface area (Å²) < 4.78 is 0. The summed E-state index contributed by atoms with van der Waals surface area (Å²) in [6, 6.07) is 8.82. The number of piperidine rings is 1. The molecule has 0 atom stereocenters. The summed E-state index contributed by atoms with van der Waals surface area (Å²) in [7, 11) is 1.93. The molecule has 2 heterocycles. The average molecular weight is 418 g/mol. The van der Waals surface area contributed by atoms with Gasteiger partial charge in [0.2, 0.25) is 0 Å². The highest BCUT2D eigenvalue weighted by molar-refractivity contribution is 6.13. The molecular formula is C28H39N3. The van der Waals surface area contributed by atoms with Gasteiger partial charge in [-0.05, 0) is 93.0 Å². The molecule has 1 aromatic carbocycles. The number of hydrogen-bond acceptors (Lipinski definition) is 3. The SMILES string of the molecule is C=Cc1ccccc1C1CCN(CC2CCC(C3=CCN/C(=C/C)C3=NC)CC2)CC1. The monoisotopic (exact) mass is 417 g/mol. The molecular weight excluding hydrogens is 378 g/mol. The first-order valence-electron chi connectivity index (χ1n) is 12.2. The second kappa shape index (κ2) is 10.5. The Morgan fingerprint density at radius 1 is 1.06 bits per heavy atom. The van der Waals surface area contributed by atoms with E-state index in [4.69, 9.17) is 0 Å². The van der Waals surface area contributed by atoms with Crippen LogP contribution in [0, 0.1) is 11.8 Å². The van der Waals surface area contributed by atoms with Gasteiger partial charge in [-0.1, -0.05) is 49.1 Å². The smallest absolute Gasteiger partial charge is 0.0831 e. The molecule has 1 saturated heterocycles. The van der Waals surface area contributed by atoms with Crippen LogP contribution in [0.4, 0.5) is 0 Å². The summed E-state index contributed by atoms with van der Waals surface area (Å²) in [5, 5.41) is 3.47. The minimum atomic E-state index is 0.688. The Morgan fingerprint density at radius 3 is 2.48 bits per heavy atom. The molecule has 3 heteroatoms. The van der Waals surface area contributed by atoms with Crippen LogP contribution in [0.25, 0.3) is 6.08 Å². The number of hydrogen-bond donors (Lipinski definition) is 1. The van der Waals surface area contributed by atoms with Gasteiger partial charge in [0.1, 0.15) is 0 Å². The molecule has 31 heavy (non-hydrogen) atoms. The lowest BCUT2D eigenvalue weighted by molar-refractivity contribution is 0.156. The van der Waals surface area contributed by atoms with Gasteiger partial charge in [-0.3, -0.25) is 4.99 Å². The standard InChI is InChI=1S/C28H39N3/c1-4-22-8-6-7-9-25(22)24-15-18-31(19-16-24)20-21-10-12-23(13-11-21)26-14-17-30-27(5-2)28(26)29-3/h4-9,14,21,23-24,30H,1,10-13,15-20H2,2-3H3/b27-5+,29-28?. The molecule has 4 rings (SSSR count). The predicted molar refractivity (Wildman–Crippen MR) is 134 cm³/mol. The van der Waals surface area contributed by atoms with Crippen molar-refractivity contribution in [2.45, 2.75) is 51.4 Å². The van der Waals surface area contributed by atoms with Crippen LogP contribution in [0.5, 0.6) is 0 Å². The summed E-state index contributed by atoms with van der Waals surface area (Å²) in [5.74, 6) is 2.24. The zero-order valence-electron chi connectivity index (χ0n) is 19.4. The van der Waals surface area contributed by atoms with Crippen LogP contribution in [0.1, 0.15) is 62.5 Å². The Balaban J connectivity index is 1.27. The van der Waals surface area contributed by atoms with Crippen molar-refractivity contribution in [2.24, 2.45) is 16.8 Å². The minimum absolute atomic E-state index is 0.688. The topological polar surface area (TPSA) is 27.6 Å². The summed E-state index contributed by atoms with van der Waals surface area (Å²) >= 11 is 0. The maximum absolute atomic E-state index is 4.62. The molecule has 3 aliphatic rings. The lowest BCUT2D eigenvalue weighted by Gasteiger charge is -2.38. The number of benzene rings is 1. The van der Waals surface area contributed by atoms with Gasteiger partial charge in [0, 0.05) is 20.1 Å². The lowest BCUT2D eigenvalue weighted by atomic mass is 9.75. The van der Waals surface area contributed by atoms with Crippen LogP contribution in [0.3, 0.4) is 0 Å². The van der Waals surface area contributed by atoms with Crippen molar-refractivity contribution < 1.29 is 0 Å². The third-order valence-electron chi connectivity index (χ3n) is 7.70. The van der Waals surface area contributed by atoms with Gasteiger partial charge in [0.05, 0.1) is 11.4 Å². The molecule has 0 bridgehead atoms. The van der Waals surface area contributed by atoms with E-state index in [1.807, 2.05) is 13.1 Å². The quantitative estimate of drug-likeness (QED) is 0.654. The first kappa shape index (κ1) is 22.1. The summed E-state index contributed by atoms with van der Waals surface area (Å²) in [5.41, 5.74) is 6.72. The molecule has 0 unspecified atom stereocenters. The highest BCUT2D eigenvalue weighted by Crippen LogP contribution is 2.37. The van der Waals surface area contributed by atoms with E-state index in [0.29, 0.717) is 11.8 Å². The van der Waals surface area contributed by atoms with Crippen LogP contribution >= 0.6 is 0 Å². The van der Waals surface area contributed by atoms with Crippen LogP contribution in [0.15, 0.2) is 59.3 Å². The fourth-order valence-electron chi connectivity index (χ4n) is 5.97. The predicted octanol–water partition coefficient (Wildman–Crippen LogP) is 5.82. The number of nitrogens with zero attached hydrogens (tertiary/aromatic N) is 2. The maximum atomic E-state index is 4.62. The molecule has 0 spiro atoms. The van der Waals surface area contributed by atoms with E-state index in [9.17, 15) is 0 Å². The molecule has 3 nitrogen and oxygen atoms in total. The van der Waals surface area contributed by atoms with Crippen LogP contribution < -0.4 is 5.32 Å². The van der Waals surface area contributed by atoms with Gasteiger partial charge in [-0.2, -0.15) is 0 Å². The van der Waals surface area contributed by atoms with Crippen LogP contribution in [-0.2, 0) is 0 Å². The van der Waals surface area contributed by atoms with Crippen molar-refractivity contribution in [1.82, 2.24) is 10.2 Å². The van der Waals surface area contributed by atoms with Crippen molar-refractivity contribution in [3.8, 4) is 0 Å². The average Bonchev–Trinajstić information content (AvgIpc) is 2.84. The van der Waals surface area contributed by atoms with Gasteiger partial charge in [-0.15, -0.1) is 0 Å². The molecule has 1 aromatic rings. The zero-order chi connectivity index (χ0) is 21.6. The first-order valence-corrected chi connectivity index (χ1v) is 12.2. The van der Waals surface area contributed by atoms with E-state index in [1.54, 1.807) is 0 Å². The van der Waals surface area contributed by atoms with Gasteiger partial charge in [0.25, 0.3) is 0 Å². The Labute approximate surface area is 189 Å². The highest BCUT2D eigenvalue weighted by Gasteiger charge is 2.30. The Bertz CT molecular complexity index is 847. The molecule has 0 radical (unpaired) electrons. The molecule has 1 saturated carbocycles. The third kappa shape index (κ3) is 5.03. The van der Waals surface area contributed by atoms with Crippen LogP contribution in [0.2, 0.25) is 0 Å². The summed E-state index contributed by atoms with van der Waals surface area (Å²) in [4.78, 5) is 7.35. The highest BCUT2D eigenvalue weighted by atomic mass is 15.1. The molecule has 1 aliphatic carbocycles. The Hall–Kier alpha value is -2.13. The number of aliphatic imine (C=N–C) groups is 1. The Kier molecular flexibility index (Phi) is 7.45. The minimum Gasteiger partial charge on any atom is -0.380 e. The fourth-order valence-corrected chi connectivity index (χ4v) is 5.97.